The normalized spacial score (nSPS) is 14.4. The van der Waals surface area contributed by atoms with Crippen LogP contribution in [0, 0.1) is 0 Å². The SMILES string of the molecule is CCOCc1nc2c(c(NC(C)Cc3ccsc3)n1)CCNCC2.Cl.Cl. The second-order valence-corrected chi connectivity index (χ2v) is 6.96. The third-order valence-corrected chi connectivity index (χ3v) is 4.90. The highest BCUT2D eigenvalue weighted by Gasteiger charge is 2.18. The number of aromatic nitrogens is 2. The van der Waals surface area contributed by atoms with Gasteiger partial charge in [-0.25, -0.2) is 9.97 Å². The number of anilines is 1. The molecule has 146 valence electrons. The predicted molar refractivity (Wildman–Crippen MR) is 113 cm³/mol. The number of fused-ring (bicyclic) bond motifs is 1. The van der Waals surface area contributed by atoms with E-state index in [9.17, 15) is 0 Å². The topological polar surface area (TPSA) is 59.1 Å². The first-order chi connectivity index (χ1) is 11.8. The van der Waals surface area contributed by atoms with Gasteiger partial charge in [0.25, 0.3) is 0 Å². The maximum Gasteiger partial charge on any atom is 0.156 e. The molecular formula is C18H28Cl2N4OS. The van der Waals surface area contributed by atoms with E-state index < -0.39 is 0 Å². The molecule has 0 aliphatic carbocycles. The molecule has 3 rings (SSSR count). The van der Waals surface area contributed by atoms with E-state index in [1.165, 1.54) is 11.1 Å². The van der Waals surface area contributed by atoms with Crippen molar-refractivity contribution in [2.45, 2.75) is 45.8 Å². The fourth-order valence-electron chi connectivity index (χ4n) is 3.02. The summed E-state index contributed by atoms with van der Waals surface area (Å²) in [6, 6.07) is 2.52. The predicted octanol–water partition coefficient (Wildman–Crippen LogP) is 3.65. The van der Waals surface area contributed by atoms with Crippen LogP contribution in [0.3, 0.4) is 0 Å². The molecule has 0 radical (unpaired) electrons. The fourth-order valence-corrected chi connectivity index (χ4v) is 3.70. The average molecular weight is 419 g/mol. The number of rotatable bonds is 7. The van der Waals surface area contributed by atoms with Gasteiger partial charge in [-0.1, -0.05) is 0 Å². The Bertz CT molecular complexity index is 655. The van der Waals surface area contributed by atoms with Crippen LogP contribution in [0.1, 0.15) is 36.5 Å². The Morgan fingerprint density at radius 2 is 2.08 bits per heavy atom. The number of thiophene rings is 1. The Morgan fingerprint density at radius 1 is 1.27 bits per heavy atom. The number of hydrogen-bond donors (Lipinski definition) is 2. The molecule has 1 aliphatic rings. The van der Waals surface area contributed by atoms with Gasteiger partial charge < -0.3 is 15.4 Å². The molecule has 0 saturated heterocycles. The summed E-state index contributed by atoms with van der Waals surface area (Å²) in [5, 5.41) is 11.4. The smallest absolute Gasteiger partial charge is 0.156 e. The van der Waals surface area contributed by atoms with Crippen LogP contribution in [0.4, 0.5) is 5.82 Å². The molecule has 1 atom stereocenters. The number of hydrogen-bond acceptors (Lipinski definition) is 6. The Labute approximate surface area is 172 Å². The van der Waals surface area contributed by atoms with Crippen molar-refractivity contribution < 1.29 is 4.74 Å². The summed E-state index contributed by atoms with van der Waals surface area (Å²) < 4.78 is 5.52. The molecule has 2 aromatic heterocycles. The van der Waals surface area contributed by atoms with Gasteiger partial charge in [0.15, 0.2) is 5.82 Å². The molecule has 0 fully saturated rings. The summed E-state index contributed by atoms with van der Waals surface area (Å²) in [5.41, 5.74) is 3.80. The lowest BCUT2D eigenvalue weighted by atomic mass is 10.1. The molecule has 26 heavy (non-hydrogen) atoms. The monoisotopic (exact) mass is 418 g/mol. The van der Waals surface area contributed by atoms with Gasteiger partial charge >= 0.3 is 0 Å². The van der Waals surface area contributed by atoms with Crippen molar-refractivity contribution >= 4 is 42.0 Å². The molecule has 2 aromatic rings. The molecule has 8 heteroatoms. The highest BCUT2D eigenvalue weighted by Crippen LogP contribution is 2.22. The zero-order valence-electron chi connectivity index (χ0n) is 15.3. The molecule has 1 unspecified atom stereocenters. The Hall–Kier alpha value is -0.920. The summed E-state index contributed by atoms with van der Waals surface area (Å²) in [5.74, 6) is 1.77. The van der Waals surface area contributed by atoms with Crippen molar-refractivity contribution in [2.75, 3.05) is 25.0 Å². The average Bonchev–Trinajstić information content (AvgIpc) is 2.95. The van der Waals surface area contributed by atoms with E-state index in [0.717, 1.165) is 49.7 Å². The second-order valence-electron chi connectivity index (χ2n) is 6.18. The molecule has 1 aliphatic heterocycles. The van der Waals surface area contributed by atoms with E-state index in [1.54, 1.807) is 11.3 Å². The lowest BCUT2D eigenvalue weighted by Gasteiger charge is -2.19. The number of nitrogens with zero attached hydrogens (tertiary/aromatic N) is 2. The van der Waals surface area contributed by atoms with Gasteiger partial charge in [0.2, 0.25) is 0 Å². The molecule has 0 bridgehead atoms. The minimum Gasteiger partial charge on any atom is -0.374 e. The van der Waals surface area contributed by atoms with E-state index in [-0.39, 0.29) is 24.8 Å². The zero-order chi connectivity index (χ0) is 16.8. The first-order valence-electron chi connectivity index (χ1n) is 8.71. The van der Waals surface area contributed by atoms with Crippen molar-refractivity contribution in [3.05, 3.63) is 39.5 Å². The van der Waals surface area contributed by atoms with E-state index >= 15 is 0 Å². The van der Waals surface area contributed by atoms with Crippen molar-refractivity contribution in [1.29, 1.82) is 0 Å². The highest BCUT2D eigenvalue weighted by molar-refractivity contribution is 7.07. The van der Waals surface area contributed by atoms with Gasteiger partial charge in [0, 0.05) is 31.2 Å². The molecule has 3 heterocycles. The van der Waals surface area contributed by atoms with Crippen LogP contribution < -0.4 is 10.6 Å². The van der Waals surface area contributed by atoms with Crippen LogP contribution in [0.2, 0.25) is 0 Å². The van der Waals surface area contributed by atoms with Crippen molar-refractivity contribution in [2.24, 2.45) is 0 Å². The second kappa shape index (κ2) is 11.7. The molecular weight excluding hydrogens is 391 g/mol. The van der Waals surface area contributed by atoms with Crippen molar-refractivity contribution in [3.8, 4) is 0 Å². The van der Waals surface area contributed by atoms with Gasteiger partial charge in [-0.2, -0.15) is 11.3 Å². The maximum absolute atomic E-state index is 5.52. The summed E-state index contributed by atoms with van der Waals surface area (Å²) in [6.45, 7) is 7.32. The first kappa shape index (κ1) is 23.1. The Kier molecular flexibility index (Phi) is 10.4. The Morgan fingerprint density at radius 3 is 2.81 bits per heavy atom. The summed E-state index contributed by atoms with van der Waals surface area (Å²) in [6.07, 6.45) is 2.92. The number of nitrogens with one attached hydrogen (secondary N) is 2. The first-order valence-corrected chi connectivity index (χ1v) is 9.65. The van der Waals surface area contributed by atoms with E-state index in [1.807, 2.05) is 6.92 Å². The van der Waals surface area contributed by atoms with Crippen LogP contribution in [-0.4, -0.2) is 35.7 Å². The van der Waals surface area contributed by atoms with Crippen molar-refractivity contribution in [1.82, 2.24) is 15.3 Å². The fraction of sp³-hybridized carbons (Fsp3) is 0.556. The Balaban J connectivity index is 0.00000169. The largest absolute Gasteiger partial charge is 0.374 e. The highest BCUT2D eigenvalue weighted by atomic mass is 35.5. The quantitative estimate of drug-likeness (QED) is 0.718. The molecule has 0 aromatic carbocycles. The molecule has 0 spiro atoms. The lowest BCUT2D eigenvalue weighted by Crippen LogP contribution is -2.22. The van der Waals surface area contributed by atoms with Crippen molar-refractivity contribution in [3.63, 3.8) is 0 Å². The molecule has 2 N–H and O–H groups in total. The minimum atomic E-state index is 0. The van der Waals surface area contributed by atoms with Crippen LogP contribution in [0.25, 0.3) is 0 Å². The van der Waals surface area contributed by atoms with E-state index in [2.05, 4.69) is 34.4 Å². The third-order valence-electron chi connectivity index (χ3n) is 4.17. The van der Waals surface area contributed by atoms with E-state index in [0.29, 0.717) is 19.3 Å². The van der Waals surface area contributed by atoms with E-state index in [4.69, 9.17) is 14.7 Å². The third kappa shape index (κ3) is 6.35. The van der Waals surface area contributed by atoms with Crippen LogP contribution in [-0.2, 0) is 30.6 Å². The summed E-state index contributed by atoms with van der Waals surface area (Å²) >= 11 is 1.75. The van der Waals surface area contributed by atoms with Crippen LogP contribution in [0.5, 0.6) is 0 Å². The van der Waals surface area contributed by atoms with Gasteiger partial charge in [-0.3, -0.25) is 0 Å². The molecule has 0 amide bonds. The van der Waals surface area contributed by atoms with Crippen LogP contribution in [0.15, 0.2) is 16.8 Å². The van der Waals surface area contributed by atoms with Gasteiger partial charge in [-0.05, 0) is 55.6 Å². The minimum absolute atomic E-state index is 0. The lowest BCUT2D eigenvalue weighted by molar-refractivity contribution is 0.128. The van der Waals surface area contributed by atoms with Gasteiger partial charge in [0.1, 0.15) is 12.4 Å². The number of ether oxygens (including phenoxy) is 1. The standard InChI is InChI=1S/C18H26N4OS.2ClH/c1-3-23-11-17-21-16-5-8-19-7-4-15(16)18(22-17)20-13(2)10-14-6-9-24-12-14;;/h6,9,12-13,19H,3-5,7-8,10-11H2,1-2H3,(H,20,21,22);2*1H. The zero-order valence-corrected chi connectivity index (χ0v) is 17.7. The van der Waals surface area contributed by atoms with Gasteiger partial charge in [-0.15, -0.1) is 24.8 Å². The van der Waals surface area contributed by atoms with Gasteiger partial charge in [0.05, 0.1) is 5.69 Å². The number of halogens is 2. The summed E-state index contributed by atoms with van der Waals surface area (Å²) in [4.78, 5) is 9.50. The summed E-state index contributed by atoms with van der Waals surface area (Å²) in [7, 11) is 0. The maximum atomic E-state index is 5.52. The molecule has 0 saturated carbocycles. The molecule has 5 nitrogen and oxygen atoms in total. The van der Waals surface area contributed by atoms with Crippen LogP contribution >= 0.6 is 36.2 Å².